The molecule has 5 nitrogen and oxygen atoms in total. The van der Waals surface area contributed by atoms with Gasteiger partial charge in [-0.2, -0.15) is 0 Å². The number of nitrogens with two attached hydrogens (primary N) is 1. The van der Waals surface area contributed by atoms with Gasteiger partial charge < -0.3 is 20.7 Å². The van der Waals surface area contributed by atoms with Crippen molar-refractivity contribution in [1.82, 2.24) is 4.90 Å². The number of carbonyl (C=O) groups is 1. The molecule has 1 aliphatic heterocycles. The summed E-state index contributed by atoms with van der Waals surface area (Å²) in [5.74, 6) is 0.788. The number of nitrogens with one attached hydrogen (secondary N) is 1. The Kier molecular flexibility index (Phi) is 5.01. The fraction of sp³-hybridized carbons (Fsp3) is 0.316. The van der Waals surface area contributed by atoms with Gasteiger partial charge in [-0.3, -0.25) is 0 Å². The van der Waals surface area contributed by atoms with Gasteiger partial charge in [0.05, 0.1) is 12.8 Å². The molecule has 1 heterocycles. The number of rotatable bonds is 3. The number of hydrogen-bond acceptors (Lipinski definition) is 3. The van der Waals surface area contributed by atoms with Gasteiger partial charge in [-0.05, 0) is 36.6 Å². The van der Waals surface area contributed by atoms with Crippen molar-refractivity contribution in [1.29, 1.82) is 0 Å². The molecular weight excluding hydrogens is 302 g/mol. The minimum atomic E-state index is -0.0968. The van der Waals surface area contributed by atoms with E-state index in [9.17, 15) is 4.79 Å². The van der Waals surface area contributed by atoms with Crippen molar-refractivity contribution in [2.75, 3.05) is 25.5 Å². The van der Waals surface area contributed by atoms with Crippen molar-refractivity contribution < 1.29 is 9.53 Å². The van der Waals surface area contributed by atoms with Crippen molar-refractivity contribution >= 4 is 11.7 Å². The summed E-state index contributed by atoms with van der Waals surface area (Å²) in [5, 5.41) is 3.03. The van der Waals surface area contributed by atoms with Crippen LogP contribution in [0, 0.1) is 0 Å². The number of piperidine rings is 1. The third kappa shape index (κ3) is 3.68. The molecule has 2 aromatic carbocycles. The van der Waals surface area contributed by atoms with Crippen molar-refractivity contribution in [3.05, 3.63) is 48.5 Å². The molecule has 1 saturated heterocycles. The van der Waals surface area contributed by atoms with E-state index in [2.05, 4.69) is 5.32 Å². The smallest absolute Gasteiger partial charge is 0.321 e. The average Bonchev–Trinajstić information content (AvgIpc) is 2.62. The predicted octanol–water partition coefficient (Wildman–Crippen LogP) is 3.32. The number of likely N-dealkylation sites (tertiary alicyclic amines) is 1. The van der Waals surface area contributed by atoms with Gasteiger partial charge in [0.25, 0.3) is 0 Å². The van der Waals surface area contributed by atoms with E-state index in [-0.39, 0.29) is 12.1 Å². The van der Waals surface area contributed by atoms with E-state index < -0.39 is 0 Å². The Hall–Kier alpha value is -2.53. The zero-order valence-electron chi connectivity index (χ0n) is 13.9. The average molecular weight is 325 g/mol. The van der Waals surface area contributed by atoms with Gasteiger partial charge >= 0.3 is 6.03 Å². The van der Waals surface area contributed by atoms with E-state index in [4.69, 9.17) is 10.5 Å². The number of amides is 2. The van der Waals surface area contributed by atoms with Gasteiger partial charge in [0, 0.05) is 24.7 Å². The first-order valence-corrected chi connectivity index (χ1v) is 8.22. The first-order valence-electron chi connectivity index (χ1n) is 8.22. The molecule has 24 heavy (non-hydrogen) atoms. The molecular formula is C19H23N3O2. The Balaban J connectivity index is 1.82. The van der Waals surface area contributed by atoms with Gasteiger partial charge in [0.1, 0.15) is 5.75 Å². The highest BCUT2D eigenvalue weighted by molar-refractivity contribution is 5.94. The standard InChI is InChI=1S/C19H23N3O2/c1-24-16-8-4-6-14(12-16)17-9-2-3-10-18(17)21-19(23)22-11-5-7-15(20)13-22/h2-4,6,8-10,12,15H,5,7,11,13,20H2,1H3,(H,21,23)/t15-/m0/s1. The van der Waals surface area contributed by atoms with Crippen LogP contribution in [0.1, 0.15) is 12.8 Å². The van der Waals surface area contributed by atoms with Gasteiger partial charge in [-0.15, -0.1) is 0 Å². The number of methoxy groups -OCH3 is 1. The van der Waals surface area contributed by atoms with Crippen molar-refractivity contribution in [2.24, 2.45) is 5.73 Å². The number of para-hydroxylation sites is 1. The Labute approximate surface area is 142 Å². The minimum absolute atomic E-state index is 0.0677. The maximum Gasteiger partial charge on any atom is 0.321 e. The molecule has 1 aliphatic rings. The van der Waals surface area contributed by atoms with E-state index >= 15 is 0 Å². The highest BCUT2D eigenvalue weighted by atomic mass is 16.5. The van der Waals surface area contributed by atoms with Crippen LogP contribution in [-0.4, -0.2) is 37.2 Å². The summed E-state index contributed by atoms with van der Waals surface area (Å²) in [6, 6.07) is 15.6. The summed E-state index contributed by atoms with van der Waals surface area (Å²) < 4.78 is 5.29. The first kappa shape index (κ1) is 16.3. The number of urea groups is 1. The molecule has 0 unspecified atom stereocenters. The molecule has 2 amide bonds. The maximum atomic E-state index is 12.6. The molecule has 0 saturated carbocycles. The fourth-order valence-corrected chi connectivity index (χ4v) is 3.02. The summed E-state index contributed by atoms with van der Waals surface area (Å²) in [7, 11) is 1.65. The molecule has 0 bridgehead atoms. The van der Waals surface area contributed by atoms with E-state index in [0.29, 0.717) is 6.54 Å². The molecule has 0 radical (unpaired) electrons. The molecule has 3 N–H and O–H groups in total. The van der Waals surface area contributed by atoms with Gasteiger partial charge in [0.2, 0.25) is 0 Å². The van der Waals surface area contributed by atoms with Crippen LogP contribution in [0.2, 0.25) is 0 Å². The third-order valence-electron chi connectivity index (χ3n) is 4.29. The van der Waals surface area contributed by atoms with Gasteiger partial charge in [-0.25, -0.2) is 4.79 Å². The largest absolute Gasteiger partial charge is 0.497 e. The van der Waals surface area contributed by atoms with E-state index in [1.807, 2.05) is 48.5 Å². The zero-order chi connectivity index (χ0) is 16.9. The number of hydrogen-bond donors (Lipinski definition) is 2. The third-order valence-corrected chi connectivity index (χ3v) is 4.29. The van der Waals surface area contributed by atoms with Crippen molar-refractivity contribution in [2.45, 2.75) is 18.9 Å². The highest BCUT2D eigenvalue weighted by Gasteiger charge is 2.21. The summed E-state index contributed by atoms with van der Waals surface area (Å²) in [6.45, 7) is 1.36. The van der Waals surface area contributed by atoms with Crippen LogP contribution in [0.5, 0.6) is 5.75 Å². The van der Waals surface area contributed by atoms with Crippen LogP contribution >= 0.6 is 0 Å². The number of ether oxygens (including phenoxy) is 1. The molecule has 126 valence electrons. The van der Waals surface area contributed by atoms with Crippen LogP contribution in [-0.2, 0) is 0 Å². The topological polar surface area (TPSA) is 67.6 Å². The lowest BCUT2D eigenvalue weighted by molar-refractivity contribution is 0.193. The van der Waals surface area contributed by atoms with Crippen LogP contribution in [0.4, 0.5) is 10.5 Å². The number of benzene rings is 2. The highest BCUT2D eigenvalue weighted by Crippen LogP contribution is 2.30. The number of nitrogens with zero attached hydrogens (tertiary/aromatic N) is 1. The Morgan fingerprint density at radius 1 is 1.25 bits per heavy atom. The van der Waals surface area contributed by atoms with Crippen molar-refractivity contribution in [3.63, 3.8) is 0 Å². The zero-order valence-corrected chi connectivity index (χ0v) is 13.9. The second-order valence-electron chi connectivity index (χ2n) is 6.06. The van der Waals surface area contributed by atoms with E-state index in [1.54, 1.807) is 12.0 Å². The minimum Gasteiger partial charge on any atom is -0.497 e. The molecule has 1 fully saturated rings. The Morgan fingerprint density at radius 2 is 2.08 bits per heavy atom. The second kappa shape index (κ2) is 7.36. The fourth-order valence-electron chi connectivity index (χ4n) is 3.02. The lowest BCUT2D eigenvalue weighted by atomic mass is 10.0. The van der Waals surface area contributed by atoms with Gasteiger partial charge in [-0.1, -0.05) is 30.3 Å². The molecule has 0 aliphatic carbocycles. The van der Waals surface area contributed by atoms with Crippen LogP contribution in [0.25, 0.3) is 11.1 Å². The first-order chi connectivity index (χ1) is 11.7. The monoisotopic (exact) mass is 325 g/mol. The second-order valence-corrected chi connectivity index (χ2v) is 6.06. The van der Waals surface area contributed by atoms with Gasteiger partial charge in [0.15, 0.2) is 0 Å². The van der Waals surface area contributed by atoms with Crippen LogP contribution in [0.3, 0.4) is 0 Å². The summed E-state index contributed by atoms with van der Waals surface area (Å²) in [4.78, 5) is 14.3. The van der Waals surface area contributed by atoms with Crippen LogP contribution in [0.15, 0.2) is 48.5 Å². The lowest BCUT2D eigenvalue weighted by Gasteiger charge is -2.31. The molecule has 0 aromatic heterocycles. The maximum absolute atomic E-state index is 12.6. The summed E-state index contributed by atoms with van der Waals surface area (Å²) in [5.41, 5.74) is 8.73. The Bertz CT molecular complexity index is 717. The molecule has 2 aromatic rings. The molecule has 0 spiro atoms. The quantitative estimate of drug-likeness (QED) is 0.909. The van der Waals surface area contributed by atoms with E-state index in [0.717, 1.165) is 42.0 Å². The molecule has 1 atom stereocenters. The number of anilines is 1. The number of carbonyl (C=O) groups excluding carboxylic acids is 1. The summed E-state index contributed by atoms with van der Waals surface area (Å²) in [6.07, 6.45) is 1.93. The molecule has 5 heteroatoms. The Morgan fingerprint density at radius 3 is 2.88 bits per heavy atom. The SMILES string of the molecule is COc1cccc(-c2ccccc2NC(=O)N2CCC[C@H](N)C2)c1. The normalized spacial score (nSPS) is 17.4. The molecule has 3 rings (SSSR count). The predicted molar refractivity (Wildman–Crippen MR) is 96.2 cm³/mol. The van der Waals surface area contributed by atoms with Crippen molar-refractivity contribution in [3.8, 4) is 16.9 Å². The summed E-state index contributed by atoms with van der Waals surface area (Å²) >= 11 is 0. The lowest BCUT2D eigenvalue weighted by Crippen LogP contribution is -2.47. The van der Waals surface area contributed by atoms with E-state index in [1.165, 1.54) is 0 Å². The van der Waals surface area contributed by atoms with Crippen LogP contribution < -0.4 is 15.8 Å².